The van der Waals surface area contributed by atoms with Gasteiger partial charge in [0.25, 0.3) is 0 Å². The van der Waals surface area contributed by atoms with Crippen LogP contribution < -0.4 is 0 Å². The molecule has 3 nitrogen and oxygen atoms in total. The minimum atomic E-state index is -0.415. The van der Waals surface area contributed by atoms with E-state index in [-0.39, 0.29) is 6.29 Å². The van der Waals surface area contributed by atoms with Gasteiger partial charge in [0.05, 0.1) is 12.7 Å². The summed E-state index contributed by atoms with van der Waals surface area (Å²) in [5, 5.41) is 10.5. The van der Waals surface area contributed by atoms with Gasteiger partial charge in [-0.05, 0) is 61.6 Å². The normalized spacial score (nSPS) is 18.6. The van der Waals surface area contributed by atoms with Gasteiger partial charge in [-0.3, -0.25) is 0 Å². The molecule has 0 saturated carbocycles. The molecule has 0 aromatic heterocycles. The molecule has 0 aliphatic carbocycles. The fraction of sp³-hybridized carbons (Fsp3) is 0.478. The molecule has 1 saturated heterocycles. The summed E-state index contributed by atoms with van der Waals surface area (Å²) in [6.45, 7) is 1.55. The Bertz CT molecular complexity index is 635. The van der Waals surface area contributed by atoms with Gasteiger partial charge in [0.15, 0.2) is 6.29 Å². The standard InChI is InChI=1S/C23H30O3/c24-22(15-14-19-8-2-1-3-9-19)21-12-6-10-20(18-21)11-7-17-26-23-13-4-5-16-25-23/h1-3,6,8-10,12,18,22-24H,4-5,7,11,13-17H2. The topological polar surface area (TPSA) is 38.7 Å². The van der Waals surface area contributed by atoms with Crippen LogP contribution in [0.2, 0.25) is 0 Å². The van der Waals surface area contributed by atoms with E-state index in [1.165, 1.54) is 17.5 Å². The first-order valence-electron chi connectivity index (χ1n) is 9.85. The predicted molar refractivity (Wildman–Crippen MR) is 104 cm³/mol. The highest BCUT2D eigenvalue weighted by Gasteiger charge is 2.13. The van der Waals surface area contributed by atoms with Crippen molar-refractivity contribution in [2.45, 2.75) is 57.3 Å². The fourth-order valence-corrected chi connectivity index (χ4v) is 3.40. The number of aryl methyl sites for hydroxylation is 2. The van der Waals surface area contributed by atoms with Crippen molar-refractivity contribution in [1.29, 1.82) is 0 Å². The minimum absolute atomic E-state index is 0.00473. The second kappa shape index (κ2) is 10.5. The summed E-state index contributed by atoms with van der Waals surface area (Å²) >= 11 is 0. The Hall–Kier alpha value is -1.68. The Morgan fingerprint density at radius 3 is 2.65 bits per heavy atom. The largest absolute Gasteiger partial charge is 0.388 e. The summed E-state index contributed by atoms with van der Waals surface area (Å²) < 4.78 is 11.4. The van der Waals surface area contributed by atoms with E-state index in [4.69, 9.17) is 9.47 Å². The number of hydrogen-bond acceptors (Lipinski definition) is 3. The van der Waals surface area contributed by atoms with Crippen LogP contribution in [0.3, 0.4) is 0 Å². The van der Waals surface area contributed by atoms with Crippen molar-refractivity contribution >= 4 is 0 Å². The number of rotatable bonds is 9. The van der Waals surface area contributed by atoms with Crippen molar-refractivity contribution in [2.75, 3.05) is 13.2 Å². The van der Waals surface area contributed by atoms with Crippen molar-refractivity contribution in [3.8, 4) is 0 Å². The summed E-state index contributed by atoms with van der Waals surface area (Å²) in [6.07, 6.45) is 6.53. The lowest BCUT2D eigenvalue weighted by atomic mass is 9.98. The molecule has 140 valence electrons. The Morgan fingerprint density at radius 1 is 1.00 bits per heavy atom. The molecule has 26 heavy (non-hydrogen) atoms. The van der Waals surface area contributed by atoms with E-state index in [0.717, 1.165) is 57.3 Å². The molecule has 1 aliphatic heterocycles. The zero-order chi connectivity index (χ0) is 18.0. The summed E-state index contributed by atoms with van der Waals surface area (Å²) in [6, 6.07) is 18.7. The lowest BCUT2D eigenvalue weighted by molar-refractivity contribution is -0.162. The number of hydrogen-bond donors (Lipinski definition) is 1. The van der Waals surface area contributed by atoms with Crippen LogP contribution in [-0.4, -0.2) is 24.6 Å². The van der Waals surface area contributed by atoms with Gasteiger partial charge >= 0.3 is 0 Å². The van der Waals surface area contributed by atoms with Gasteiger partial charge in [0.1, 0.15) is 0 Å². The lowest BCUT2D eigenvalue weighted by Gasteiger charge is -2.22. The first-order valence-corrected chi connectivity index (χ1v) is 9.85. The van der Waals surface area contributed by atoms with Crippen LogP contribution in [0.25, 0.3) is 0 Å². The molecular formula is C23H30O3. The highest BCUT2D eigenvalue weighted by atomic mass is 16.7. The second-order valence-corrected chi connectivity index (χ2v) is 7.06. The summed E-state index contributed by atoms with van der Waals surface area (Å²) in [4.78, 5) is 0. The third kappa shape index (κ3) is 6.24. The summed E-state index contributed by atoms with van der Waals surface area (Å²) in [7, 11) is 0. The van der Waals surface area contributed by atoms with Gasteiger partial charge in [0, 0.05) is 6.61 Å². The van der Waals surface area contributed by atoms with E-state index in [9.17, 15) is 5.11 Å². The van der Waals surface area contributed by atoms with Crippen LogP contribution in [0.4, 0.5) is 0 Å². The van der Waals surface area contributed by atoms with E-state index in [2.05, 4.69) is 24.3 Å². The van der Waals surface area contributed by atoms with Crippen LogP contribution in [0, 0.1) is 0 Å². The van der Waals surface area contributed by atoms with E-state index in [1.807, 2.05) is 30.3 Å². The molecule has 3 rings (SSSR count). The Balaban J connectivity index is 1.41. The molecule has 2 atom stereocenters. The van der Waals surface area contributed by atoms with Crippen molar-refractivity contribution < 1.29 is 14.6 Å². The molecule has 0 radical (unpaired) electrons. The van der Waals surface area contributed by atoms with E-state index >= 15 is 0 Å². The molecule has 2 unspecified atom stereocenters. The van der Waals surface area contributed by atoms with Crippen molar-refractivity contribution in [3.63, 3.8) is 0 Å². The first kappa shape index (κ1) is 19.1. The molecule has 3 heteroatoms. The highest BCUT2D eigenvalue weighted by molar-refractivity contribution is 5.25. The van der Waals surface area contributed by atoms with Crippen LogP contribution in [0.15, 0.2) is 54.6 Å². The molecule has 1 aliphatic rings. The SMILES string of the molecule is OC(CCc1ccccc1)c1cccc(CCCOC2CCCCO2)c1. The van der Waals surface area contributed by atoms with Crippen LogP contribution in [0.1, 0.15) is 54.9 Å². The van der Waals surface area contributed by atoms with E-state index < -0.39 is 6.10 Å². The molecule has 2 aromatic rings. The number of aliphatic hydroxyl groups is 1. The zero-order valence-corrected chi connectivity index (χ0v) is 15.5. The zero-order valence-electron chi connectivity index (χ0n) is 15.5. The Labute approximate surface area is 157 Å². The predicted octanol–water partition coefficient (Wildman–Crippen LogP) is 4.83. The molecular weight excluding hydrogens is 324 g/mol. The van der Waals surface area contributed by atoms with E-state index in [0.29, 0.717) is 0 Å². The monoisotopic (exact) mass is 354 g/mol. The van der Waals surface area contributed by atoms with Crippen molar-refractivity contribution in [2.24, 2.45) is 0 Å². The maximum Gasteiger partial charge on any atom is 0.157 e. The molecule has 1 heterocycles. The lowest BCUT2D eigenvalue weighted by Crippen LogP contribution is -2.22. The molecule has 0 spiro atoms. The number of benzene rings is 2. The van der Waals surface area contributed by atoms with Gasteiger partial charge in [-0.15, -0.1) is 0 Å². The second-order valence-electron chi connectivity index (χ2n) is 7.06. The molecule has 0 amide bonds. The van der Waals surface area contributed by atoms with Crippen LogP contribution in [0.5, 0.6) is 0 Å². The van der Waals surface area contributed by atoms with Gasteiger partial charge in [-0.2, -0.15) is 0 Å². The van der Waals surface area contributed by atoms with Crippen molar-refractivity contribution in [3.05, 3.63) is 71.3 Å². The smallest absolute Gasteiger partial charge is 0.157 e. The van der Waals surface area contributed by atoms with Crippen LogP contribution in [-0.2, 0) is 22.3 Å². The number of aliphatic hydroxyl groups excluding tert-OH is 1. The van der Waals surface area contributed by atoms with Gasteiger partial charge in [-0.25, -0.2) is 0 Å². The van der Waals surface area contributed by atoms with Crippen molar-refractivity contribution in [1.82, 2.24) is 0 Å². The minimum Gasteiger partial charge on any atom is -0.388 e. The average Bonchev–Trinajstić information content (AvgIpc) is 2.71. The quantitative estimate of drug-likeness (QED) is 0.656. The first-order chi connectivity index (χ1) is 12.8. The fourth-order valence-electron chi connectivity index (χ4n) is 3.40. The van der Waals surface area contributed by atoms with Crippen LogP contribution >= 0.6 is 0 Å². The van der Waals surface area contributed by atoms with Gasteiger partial charge in [0.2, 0.25) is 0 Å². The Morgan fingerprint density at radius 2 is 1.85 bits per heavy atom. The Kier molecular flexibility index (Phi) is 7.68. The molecule has 0 bridgehead atoms. The summed E-state index contributed by atoms with van der Waals surface area (Å²) in [5.74, 6) is 0. The van der Waals surface area contributed by atoms with E-state index in [1.54, 1.807) is 0 Å². The maximum absolute atomic E-state index is 10.5. The number of ether oxygens (including phenoxy) is 2. The molecule has 1 fully saturated rings. The maximum atomic E-state index is 10.5. The average molecular weight is 354 g/mol. The molecule has 2 aromatic carbocycles. The molecule has 1 N–H and O–H groups in total. The third-order valence-corrected chi connectivity index (χ3v) is 4.94. The van der Waals surface area contributed by atoms with Gasteiger partial charge in [-0.1, -0.05) is 54.6 Å². The third-order valence-electron chi connectivity index (χ3n) is 4.94. The summed E-state index contributed by atoms with van der Waals surface area (Å²) in [5.41, 5.74) is 3.54. The van der Waals surface area contributed by atoms with Gasteiger partial charge < -0.3 is 14.6 Å². The highest BCUT2D eigenvalue weighted by Crippen LogP contribution is 2.21.